The minimum Gasteiger partial charge on any atom is -0.376 e. The second kappa shape index (κ2) is 4.60. The van der Waals surface area contributed by atoms with E-state index < -0.39 is 0 Å². The van der Waals surface area contributed by atoms with Crippen LogP contribution in [-0.2, 0) is 4.74 Å². The fourth-order valence-corrected chi connectivity index (χ4v) is 2.59. The Hall–Kier alpha value is -0.120. The van der Waals surface area contributed by atoms with Crippen molar-refractivity contribution in [2.45, 2.75) is 38.3 Å². The normalized spacial score (nSPS) is 39.4. The van der Waals surface area contributed by atoms with E-state index in [0.29, 0.717) is 6.10 Å². The summed E-state index contributed by atoms with van der Waals surface area (Å²) >= 11 is 0. The lowest BCUT2D eigenvalue weighted by atomic mass is 9.92. The third-order valence-corrected chi connectivity index (χ3v) is 3.46. The van der Waals surface area contributed by atoms with Crippen LogP contribution in [0.2, 0.25) is 0 Å². The van der Waals surface area contributed by atoms with Gasteiger partial charge in [-0.2, -0.15) is 0 Å². The van der Waals surface area contributed by atoms with Crippen LogP contribution in [0.1, 0.15) is 26.2 Å². The molecule has 0 saturated carbocycles. The summed E-state index contributed by atoms with van der Waals surface area (Å²) in [6, 6.07) is 0.177. The molecule has 82 valence electrons. The molecule has 0 amide bonds. The minimum atomic E-state index is 0.177. The molecule has 3 aliphatic heterocycles. The van der Waals surface area contributed by atoms with Crippen molar-refractivity contribution in [2.24, 2.45) is 11.7 Å². The summed E-state index contributed by atoms with van der Waals surface area (Å²) in [5, 5.41) is 0. The van der Waals surface area contributed by atoms with E-state index in [2.05, 4.69) is 4.90 Å². The Labute approximate surface area is 86.6 Å². The van der Waals surface area contributed by atoms with E-state index in [0.717, 1.165) is 12.5 Å². The Morgan fingerprint density at radius 2 is 1.93 bits per heavy atom. The molecule has 0 aromatic heterocycles. The van der Waals surface area contributed by atoms with Crippen molar-refractivity contribution in [3.05, 3.63) is 0 Å². The summed E-state index contributed by atoms with van der Waals surface area (Å²) in [5.74, 6) is 0.799. The molecule has 14 heavy (non-hydrogen) atoms. The van der Waals surface area contributed by atoms with Crippen molar-refractivity contribution in [1.82, 2.24) is 4.90 Å². The van der Waals surface area contributed by atoms with E-state index in [1.807, 2.05) is 6.92 Å². The Kier molecular flexibility index (Phi) is 3.42. The van der Waals surface area contributed by atoms with Crippen LogP contribution in [0.15, 0.2) is 0 Å². The molecule has 3 saturated heterocycles. The van der Waals surface area contributed by atoms with Gasteiger partial charge >= 0.3 is 0 Å². The standard InChI is InChI=1S/C11H22N2O/c1-9(12)8-14-11-4-7-13-5-2-10(11)3-6-13/h9-11H,2-8,12H2,1H3. The summed E-state index contributed by atoms with van der Waals surface area (Å²) in [4.78, 5) is 2.56. The van der Waals surface area contributed by atoms with Crippen molar-refractivity contribution in [3.63, 3.8) is 0 Å². The van der Waals surface area contributed by atoms with Gasteiger partial charge in [0.2, 0.25) is 0 Å². The van der Waals surface area contributed by atoms with E-state index in [1.165, 1.54) is 38.9 Å². The molecule has 3 heteroatoms. The smallest absolute Gasteiger partial charge is 0.0618 e. The van der Waals surface area contributed by atoms with Gasteiger partial charge in [-0.3, -0.25) is 0 Å². The summed E-state index contributed by atoms with van der Waals surface area (Å²) in [5.41, 5.74) is 5.71. The van der Waals surface area contributed by atoms with E-state index in [1.54, 1.807) is 0 Å². The van der Waals surface area contributed by atoms with Gasteiger partial charge in [0.1, 0.15) is 0 Å². The molecule has 0 aliphatic carbocycles. The lowest BCUT2D eigenvalue weighted by Gasteiger charge is -2.29. The second-order valence-corrected chi connectivity index (χ2v) is 4.82. The molecule has 3 rings (SSSR count). The van der Waals surface area contributed by atoms with Crippen molar-refractivity contribution in [3.8, 4) is 0 Å². The highest BCUT2D eigenvalue weighted by atomic mass is 16.5. The first-order chi connectivity index (χ1) is 6.75. The number of ether oxygens (including phenoxy) is 1. The van der Waals surface area contributed by atoms with E-state index in [-0.39, 0.29) is 6.04 Å². The Morgan fingerprint density at radius 1 is 1.29 bits per heavy atom. The van der Waals surface area contributed by atoms with Gasteiger partial charge in [-0.05, 0) is 45.2 Å². The quantitative estimate of drug-likeness (QED) is 0.730. The summed E-state index contributed by atoms with van der Waals surface area (Å²) in [7, 11) is 0. The molecule has 3 heterocycles. The van der Waals surface area contributed by atoms with Gasteiger partial charge in [-0.15, -0.1) is 0 Å². The molecule has 2 bridgehead atoms. The Bertz CT molecular complexity index is 176. The number of nitrogens with zero attached hydrogens (tertiary/aromatic N) is 1. The van der Waals surface area contributed by atoms with Crippen molar-refractivity contribution in [2.75, 3.05) is 26.2 Å². The number of hydrogen-bond acceptors (Lipinski definition) is 3. The molecule has 0 radical (unpaired) electrons. The van der Waals surface area contributed by atoms with Gasteiger partial charge < -0.3 is 15.4 Å². The number of nitrogens with two attached hydrogens (primary N) is 1. The minimum absolute atomic E-state index is 0.177. The zero-order valence-corrected chi connectivity index (χ0v) is 9.11. The molecule has 2 N–H and O–H groups in total. The van der Waals surface area contributed by atoms with Crippen LogP contribution in [0.4, 0.5) is 0 Å². The van der Waals surface area contributed by atoms with E-state index in [9.17, 15) is 0 Å². The maximum atomic E-state index is 5.90. The SMILES string of the molecule is CC(N)COC1CCN2CCC1CC2. The van der Waals surface area contributed by atoms with Gasteiger partial charge in [-0.1, -0.05) is 0 Å². The van der Waals surface area contributed by atoms with Gasteiger partial charge in [0.25, 0.3) is 0 Å². The number of hydrogen-bond donors (Lipinski definition) is 1. The Morgan fingerprint density at radius 3 is 2.57 bits per heavy atom. The fraction of sp³-hybridized carbons (Fsp3) is 1.00. The van der Waals surface area contributed by atoms with Crippen molar-refractivity contribution >= 4 is 0 Å². The van der Waals surface area contributed by atoms with Crippen LogP contribution in [0.5, 0.6) is 0 Å². The summed E-state index contributed by atoms with van der Waals surface area (Å²) in [6.07, 6.45) is 4.33. The first kappa shape index (κ1) is 10.4. The van der Waals surface area contributed by atoms with Crippen LogP contribution in [0, 0.1) is 5.92 Å². The fourth-order valence-electron chi connectivity index (χ4n) is 2.59. The lowest BCUT2D eigenvalue weighted by Crippen LogP contribution is -2.33. The summed E-state index contributed by atoms with van der Waals surface area (Å²) in [6.45, 7) is 6.52. The molecular weight excluding hydrogens is 176 g/mol. The molecule has 0 spiro atoms. The molecule has 3 nitrogen and oxygen atoms in total. The van der Waals surface area contributed by atoms with Gasteiger partial charge in [0.05, 0.1) is 12.7 Å². The largest absolute Gasteiger partial charge is 0.376 e. The molecule has 2 atom stereocenters. The first-order valence-corrected chi connectivity index (χ1v) is 5.85. The zero-order chi connectivity index (χ0) is 9.97. The molecule has 0 aromatic rings. The van der Waals surface area contributed by atoms with Crippen molar-refractivity contribution in [1.29, 1.82) is 0 Å². The molecule has 2 unspecified atom stereocenters. The Balaban J connectivity index is 1.85. The molecule has 3 fully saturated rings. The predicted molar refractivity (Wildman–Crippen MR) is 57.2 cm³/mol. The van der Waals surface area contributed by atoms with Crippen LogP contribution < -0.4 is 5.73 Å². The van der Waals surface area contributed by atoms with E-state index >= 15 is 0 Å². The zero-order valence-electron chi connectivity index (χ0n) is 9.11. The predicted octanol–water partition coefficient (Wildman–Crippen LogP) is 0.834. The third kappa shape index (κ3) is 2.47. The number of piperidine rings is 1. The molecule has 0 aromatic carbocycles. The monoisotopic (exact) mass is 198 g/mol. The van der Waals surface area contributed by atoms with Crippen LogP contribution in [0.25, 0.3) is 0 Å². The highest BCUT2D eigenvalue weighted by molar-refractivity contribution is 4.84. The lowest BCUT2D eigenvalue weighted by molar-refractivity contribution is 0.00393. The second-order valence-electron chi connectivity index (χ2n) is 4.82. The van der Waals surface area contributed by atoms with Gasteiger partial charge in [0, 0.05) is 12.6 Å². The summed E-state index contributed by atoms with van der Waals surface area (Å²) < 4.78 is 5.90. The highest BCUT2D eigenvalue weighted by Crippen LogP contribution is 2.28. The first-order valence-electron chi connectivity index (χ1n) is 5.85. The average molecular weight is 198 g/mol. The average Bonchev–Trinajstić information content (AvgIpc) is 2.47. The maximum absolute atomic E-state index is 5.90. The van der Waals surface area contributed by atoms with Crippen LogP contribution in [-0.4, -0.2) is 43.3 Å². The van der Waals surface area contributed by atoms with Gasteiger partial charge in [0.15, 0.2) is 0 Å². The van der Waals surface area contributed by atoms with Crippen molar-refractivity contribution < 1.29 is 4.74 Å². The number of rotatable bonds is 3. The van der Waals surface area contributed by atoms with E-state index in [4.69, 9.17) is 10.5 Å². The molecule has 3 aliphatic rings. The molecular formula is C11H22N2O. The third-order valence-electron chi connectivity index (χ3n) is 3.46. The topological polar surface area (TPSA) is 38.5 Å². The maximum Gasteiger partial charge on any atom is 0.0618 e. The van der Waals surface area contributed by atoms with Gasteiger partial charge in [-0.25, -0.2) is 0 Å². The highest BCUT2D eigenvalue weighted by Gasteiger charge is 2.31. The number of fused-ring (bicyclic) bond motifs is 4. The van der Waals surface area contributed by atoms with Crippen LogP contribution in [0.3, 0.4) is 0 Å². The van der Waals surface area contributed by atoms with Crippen LogP contribution >= 0.6 is 0 Å².